The first-order valence-electron chi connectivity index (χ1n) is 18.3. The monoisotopic (exact) mass is 903 g/mol. The molecular formula is C50H38IrN4O-2. The summed E-state index contributed by atoms with van der Waals surface area (Å²) in [6.45, 7) is 20.7. The maximum absolute atomic E-state index is 9.40. The summed E-state index contributed by atoms with van der Waals surface area (Å²) in [5.74, 6) is 0. The molecule has 0 saturated carbocycles. The van der Waals surface area contributed by atoms with Crippen molar-refractivity contribution < 1.29 is 24.5 Å². The topological polar surface area (TPSA) is 67.1 Å². The van der Waals surface area contributed by atoms with Crippen molar-refractivity contribution in [2.45, 2.75) is 52.4 Å². The maximum Gasteiger partial charge on any atom is 0.205 e. The van der Waals surface area contributed by atoms with Gasteiger partial charge >= 0.3 is 0 Å². The van der Waals surface area contributed by atoms with Gasteiger partial charge in [-0.15, -0.1) is 53.1 Å². The van der Waals surface area contributed by atoms with Crippen LogP contribution in [0.4, 0.5) is 5.69 Å². The van der Waals surface area contributed by atoms with Crippen LogP contribution in [-0.2, 0) is 30.9 Å². The van der Waals surface area contributed by atoms with E-state index >= 15 is 0 Å². The summed E-state index contributed by atoms with van der Waals surface area (Å²) in [6, 6.07) is 45.4. The van der Waals surface area contributed by atoms with E-state index in [2.05, 4.69) is 124 Å². The van der Waals surface area contributed by atoms with Gasteiger partial charge in [-0.3, -0.25) is 0 Å². The smallest absolute Gasteiger partial charge is 0.205 e. The van der Waals surface area contributed by atoms with Crippen LogP contribution in [0.1, 0.15) is 58.2 Å². The molecule has 0 spiro atoms. The molecule has 0 unspecified atom stereocenters. The Balaban J connectivity index is 0.000000197. The molecule has 0 N–H and O–H groups in total. The Morgan fingerprint density at radius 3 is 2.04 bits per heavy atom. The van der Waals surface area contributed by atoms with Gasteiger partial charge in [-0.05, 0) is 89.8 Å². The number of nitrogens with zero attached hydrogens (tertiary/aromatic N) is 4. The molecular weight excluding hydrogens is 865 g/mol. The van der Waals surface area contributed by atoms with E-state index in [1.165, 1.54) is 11.1 Å². The van der Waals surface area contributed by atoms with E-state index in [-0.39, 0.29) is 30.9 Å². The zero-order valence-electron chi connectivity index (χ0n) is 32.1. The number of aromatic nitrogens is 2. The van der Waals surface area contributed by atoms with Crippen molar-refractivity contribution in [3.05, 3.63) is 162 Å². The van der Waals surface area contributed by atoms with E-state index in [0.717, 1.165) is 76.8 Å². The molecule has 0 saturated heterocycles. The van der Waals surface area contributed by atoms with Gasteiger partial charge in [0.05, 0.1) is 23.8 Å². The molecule has 1 radical (unpaired) electrons. The van der Waals surface area contributed by atoms with Crippen LogP contribution in [-0.4, -0.2) is 9.97 Å². The normalized spacial score (nSPS) is 11.6. The Morgan fingerprint density at radius 1 is 0.643 bits per heavy atom. The molecule has 9 aromatic rings. The number of furan rings is 1. The number of pyridine rings is 2. The molecule has 3 heterocycles. The van der Waals surface area contributed by atoms with Gasteiger partial charge in [0.2, 0.25) is 5.69 Å². The van der Waals surface area contributed by atoms with E-state index < -0.39 is 0 Å². The van der Waals surface area contributed by atoms with Crippen LogP contribution >= 0.6 is 0 Å². The number of hydrogen-bond donors (Lipinski definition) is 0. The minimum Gasteiger partial charge on any atom is -0.476 e. The number of benzene rings is 6. The summed E-state index contributed by atoms with van der Waals surface area (Å²) in [7, 11) is 0. The predicted octanol–water partition coefficient (Wildman–Crippen LogP) is 13.5. The van der Waals surface area contributed by atoms with Gasteiger partial charge in [0, 0.05) is 32.5 Å². The molecule has 6 heteroatoms. The van der Waals surface area contributed by atoms with Crippen molar-refractivity contribution >= 4 is 59.9 Å². The average molecular weight is 903 g/mol. The fourth-order valence-electron chi connectivity index (χ4n) is 7.09. The van der Waals surface area contributed by atoms with Crippen LogP contribution in [0.5, 0.6) is 0 Å². The quantitative estimate of drug-likeness (QED) is 0.128. The molecule has 0 fully saturated rings. The molecule has 0 atom stereocenters. The number of para-hydroxylation sites is 1. The molecule has 6 aromatic carbocycles. The Hall–Kier alpha value is -6.17. The standard InChI is InChI=1S/C31H14N3O.C19H24N.Ir/c1-33-28-16-27-18(14-20(28)17-32)6-8-21-22(27)10-11-26-23(21)12-13-34-31(26)19-7-9-25-24-4-2-3-5-29(24)35-30(25)15-19;1-18(2,3)15-9-7-14(8-10-15)17-12-11-16(13-20-17)19(4,5)6;/h2-6,8-16H;7,9-13H,1-6H3;/q2*-1;. The summed E-state index contributed by atoms with van der Waals surface area (Å²) in [5, 5.41) is 17.6. The van der Waals surface area contributed by atoms with E-state index in [4.69, 9.17) is 16.0 Å². The minimum absolute atomic E-state index is 0. The van der Waals surface area contributed by atoms with Crippen molar-refractivity contribution in [3.63, 3.8) is 0 Å². The molecule has 9 rings (SSSR count). The van der Waals surface area contributed by atoms with Gasteiger partial charge in [-0.25, -0.2) is 4.85 Å². The molecule has 275 valence electrons. The van der Waals surface area contributed by atoms with Gasteiger partial charge < -0.3 is 14.4 Å². The zero-order chi connectivity index (χ0) is 38.5. The number of rotatable bonds is 2. The average Bonchev–Trinajstić information content (AvgIpc) is 3.57. The third-order valence-electron chi connectivity index (χ3n) is 10.3. The number of fused-ring (bicyclic) bond motifs is 8. The summed E-state index contributed by atoms with van der Waals surface area (Å²) < 4.78 is 6.09. The Kier molecular flexibility index (Phi) is 10.1. The van der Waals surface area contributed by atoms with Crippen molar-refractivity contribution in [2.24, 2.45) is 0 Å². The third-order valence-corrected chi connectivity index (χ3v) is 10.3. The van der Waals surface area contributed by atoms with Crippen molar-refractivity contribution in [1.29, 1.82) is 5.26 Å². The second-order valence-electron chi connectivity index (χ2n) is 15.9. The third kappa shape index (κ3) is 7.07. The van der Waals surface area contributed by atoms with Crippen LogP contribution < -0.4 is 0 Å². The predicted molar refractivity (Wildman–Crippen MR) is 225 cm³/mol. The van der Waals surface area contributed by atoms with E-state index in [0.29, 0.717) is 11.3 Å². The van der Waals surface area contributed by atoms with Gasteiger partial charge in [-0.1, -0.05) is 108 Å². The van der Waals surface area contributed by atoms with E-state index in [1.807, 2.05) is 60.9 Å². The van der Waals surface area contributed by atoms with Crippen molar-refractivity contribution in [3.8, 4) is 28.6 Å². The van der Waals surface area contributed by atoms with Crippen LogP contribution in [0.3, 0.4) is 0 Å². The maximum atomic E-state index is 9.40. The number of nitriles is 1. The van der Waals surface area contributed by atoms with Crippen LogP contribution in [0.25, 0.3) is 81.6 Å². The molecule has 56 heavy (non-hydrogen) atoms. The molecule has 0 aliphatic carbocycles. The fourth-order valence-corrected chi connectivity index (χ4v) is 7.09. The summed E-state index contributed by atoms with van der Waals surface area (Å²) in [6.07, 6.45) is 3.79. The van der Waals surface area contributed by atoms with E-state index in [1.54, 1.807) is 6.07 Å². The first kappa shape index (κ1) is 38.1. The minimum atomic E-state index is 0. The Labute approximate surface area is 340 Å². The molecule has 0 bridgehead atoms. The van der Waals surface area contributed by atoms with Crippen LogP contribution in [0, 0.1) is 30.0 Å². The Morgan fingerprint density at radius 2 is 1.34 bits per heavy atom. The zero-order valence-corrected chi connectivity index (χ0v) is 34.5. The number of hydrogen-bond acceptors (Lipinski definition) is 4. The molecule has 0 aliphatic rings. The van der Waals surface area contributed by atoms with Crippen molar-refractivity contribution in [2.75, 3.05) is 0 Å². The second-order valence-corrected chi connectivity index (χ2v) is 15.9. The van der Waals surface area contributed by atoms with Gasteiger partial charge in [0.15, 0.2) is 0 Å². The summed E-state index contributed by atoms with van der Waals surface area (Å²) in [4.78, 5) is 12.8. The van der Waals surface area contributed by atoms with E-state index in [9.17, 15) is 5.26 Å². The fraction of sp³-hybridized carbons (Fsp3) is 0.160. The molecule has 5 nitrogen and oxygen atoms in total. The first-order chi connectivity index (χ1) is 26.4. The van der Waals surface area contributed by atoms with Gasteiger partial charge in [-0.2, -0.15) is 5.26 Å². The van der Waals surface area contributed by atoms with Gasteiger partial charge in [0.25, 0.3) is 0 Å². The molecule has 0 amide bonds. The summed E-state index contributed by atoms with van der Waals surface area (Å²) in [5.41, 5.74) is 9.05. The van der Waals surface area contributed by atoms with Crippen molar-refractivity contribution in [1.82, 2.24) is 9.97 Å². The second kappa shape index (κ2) is 14.8. The molecule has 3 aromatic heterocycles. The first-order valence-corrected chi connectivity index (χ1v) is 18.3. The Bertz CT molecular complexity index is 2950. The van der Waals surface area contributed by atoms with Crippen LogP contribution in [0.15, 0.2) is 126 Å². The largest absolute Gasteiger partial charge is 0.476 e. The van der Waals surface area contributed by atoms with Crippen LogP contribution in [0.2, 0.25) is 0 Å². The SMILES string of the molecule is CC(C)(C)c1c[c-]c(-c2ccc(C(C)(C)C)cn2)cc1.[C-]#[N+]c1cc2c(ccc3c4ccnc(-c5[c-]cc6c(c5)oc5ccccc56)c4ccc23)cc1C#N.[Ir]. The van der Waals surface area contributed by atoms with Gasteiger partial charge in [0.1, 0.15) is 5.58 Å². The molecule has 0 aliphatic heterocycles. The summed E-state index contributed by atoms with van der Waals surface area (Å²) >= 11 is 0.